The summed E-state index contributed by atoms with van der Waals surface area (Å²) in [4.78, 5) is 16.2. The molecule has 2 aliphatic rings. The number of anilines is 1. The molecule has 0 unspecified atom stereocenters. The average Bonchev–Trinajstić information content (AvgIpc) is 3.53. The van der Waals surface area contributed by atoms with Crippen LogP contribution in [0.1, 0.15) is 30.7 Å². The van der Waals surface area contributed by atoms with Gasteiger partial charge in [-0.05, 0) is 60.1 Å². The molecule has 2 saturated carbocycles. The number of alkyl halides is 1. The van der Waals surface area contributed by atoms with Gasteiger partial charge in [-0.1, -0.05) is 12.1 Å². The number of benzene rings is 1. The summed E-state index contributed by atoms with van der Waals surface area (Å²) in [5, 5.41) is 2.66. The first-order valence-corrected chi connectivity index (χ1v) is 8.82. The van der Waals surface area contributed by atoms with E-state index in [1.165, 1.54) is 6.07 Å². The van der Waals surface area contributed by atoms with Gasteiger partial charge in [-0.3, -0.25) is 4.79 Å². The van der Waals surface area contributed by atoms with E-state index in [9.17, 15) is 13.6 Å². The zero-order valence-corrected chi connectivity index (χ0v) is 14.0. The molecule has 6 heteroatoms. The van der Waals surface area contributed by atoms with Crippen molar-refractivity contribution in [2.45, 2.75) is 31.4 Å². The standard InChI is InChI=1S/C20H17F2N3O/c21-15-3-1-2-13(19(15)11-4-5-11)12-6-7-18-23-17(10-25(18)9-12)24-20(26)14-8-16(14)22/h1-3,6-7,9-11,14,16H,4-5,8H2,(H,24,26)/t14-,16+/m1/s1. The van der Waals surface area contributed by atoms with Crippen molar-refractivity contribution < 1.29 is 13.6 Å². The summed E-state index contributed by atoms with van der Waals surface area (Å²) in [5.41, 5.74) is 3.25. The lowest BCUT2D eigenvalue weighted by Crippen LogP contribution is -2.15. The Labute approximate surface area is 148 Å². The highest BCUT2D eigenvalue weighted by atomic mass is 19.1. The Morgan fingerprint density at radius 1 is 1.19 bits per heavy atom. The maximum Gasteiger partial charge on any atom is 0.231 e. The van der Waals surface area contributed by atoms with Crippen molar-refractivity contribution in [3.63, 3.8) is 0 Å². The summed E-state index contributed by atoms with van der Waals surface area (Å²) in [6, 6.07) is 8.92. The van der Waals surface area contributed by atoms with Crippen molar-refractivity contribution >= 4 is 17.4 Å². The van der Waals surface area contributed by atoms with Crippen molar-refractivity contribution in [1.82, 2.24) is 9.38 Å². The molecule has 0 spiro atoms. The fraction of sp³-hybridized carbons (Fsp3) is 0.300. The first kappa shape index (κ1) is 15.5. The predicted octanol–water partition coefficient (Wildman–Crippen LogP) is 4.31. The normalized spacial score (nSPS) is 21.8. The number of carbonyl (C=O) groups excluding carboxylic acids is 1. The zero-order valence-electron chi connectivity index (χ0n) is 14.0. The number of nitrogens with zero attached hydrogens (tertiary/aromatic N) is 2. The van der Waals surface area contributed by atoms with E-state index < -0.39 is 12.1 Å². The Hall–Kier alpha value is -2.76. The van der Waals surface area contributed by atoms with Crippen molar-refractivity contribution in [2.24, 2.45) is 5.92 Å². The van der Waals surface area contributed by atoms with Gasteiger partial charge in [0.1, 0.15) is 17.6 Å². The second-order valence-electron chi connectivity index (χ2n) is 7.13. The third-order valence-electron chi connectivity index (χ3n) is 5.10. The molecule has 2 atom stereocenters. The van der Waals surface area contributed by atoms with Gasteiger partial charge in [0.05, 0.1) is 12.1 Å². The molecule has 2 aromatic heterocycles. The van der Waals surface area contributed by atoms with Crippen LogP contribution in [0.15, 0.2) is 42.7 Å². The van der Waals surface area contributed by atoms with Crippen molar-refractivity contribution in [3.8, 4) is 11.1 Å². The second kappa shape index (κ2) is 5.62. The molecule has 0 radical (unpaired) electrons. The van der Waals surface area contributed by atoms with Crippen LogP contribution in [0.4, 0.5) is 14.6 Å². The van der Waals surface area contributed by atoms with Crippen LogP contribution >= 0.6 is 0 Å². The number of halogens is 2. The number of carbonyl (C=O) groups is 1. The quantitative estimate of drug-likeness (QED) is 0.759. The number of rotatable bonds is 4. The van der Waals surface area contributed by atoms with E-state index in [4.69, 9.17) is 0 Å². The third kappa shape index (κ3) is 2.66. The molecule has 0 bridgehead atoms. The summed E-state index contributed by atoms with van der Waals surface area (Å²) in [6.07, 6.45) is 4.87. The zero-order chi connectivity index (χ0) is 17.8. The molecule has 0 aliphatic heterocycles. The van der Waals surface area contributed by atoms with E-state index in [1.807, 2.05) is 24.4 Å². The predicted molar refractivity (Wildman–Crippen MR) is 94.2 cm³/mol. The molecule has 2 heterocycles. The SMILES string of the molecule is O=C(Nc1cn2cc(-c3cccc(F)c3C3CC3)ccc2n1)[C@@H]1C[C@@H]1F. The second-order valence-corrected chi connectivity index (χ2v) is 7.13. The van der Waals surface area contributed by atoms with Gasteiger partial charge in [0.25, 0.3) is 0 Å². The molecule has 4 nitrogen and oxygen atoms in total. The lowest BCUT2D eigenvalue weighted by Gasteiger charge is -2.10. The van der Waals surface area contributed by atoms with Crippen molar-refractivity contribution in [3.05, 3.63) is 54.1 Å². The molecule has 132 valence electrons. The minimum absolute atomic E-state index is 0.158. The molecule has 1 N–H and O–H groups in total. The fourth-order valence-electron chi connectivity index (χ4n) is 3.44. The molecule has 2 fully saturated rings. The lowest BCUT2D eigenvalue weighted by molar-refractivity contribution is -0.117. The maximum absolute atomic E-state index is 14.3. The van der Waals surface area contributed by atoms with Crippen LogP contribution in [0.2, 0.25) is 0 Å². The van der Waals surface area contributed by atoms with E-state index >= 15 is 0 Å². The Balaban J connectivity index is 1.49. The maximum atomic E-state index is 14.3. The highest BCUT2D eigenvalue weighted by Gasteiger charge is 2.43. The average molecular weight is 353 g/mol. The lowest BCUT2D eigenvalue weighted by atomic mass is 9.97. The molecule has 1 aromatic carbocycles. The van der Waals surface area contributed by atoms with Crippen LogP contribution < -0.4 is 5.32 Å². The number of hydrogen-bond donors (Lipinski definition) is 1. The Morgan fingerprint density at radius 3 is 2.73 bits per heavy atom. The van der Waals surface area contributed by atoms with Gasteiger partial charge in [-0.15, -0.1) is 0 Å². The van der Waals surface area contributed by atoms with Gasteiger partial charge in [0.15, 0.2) is 5.82 Å². The van der Waals surface area contributed by atoms with Crippen LogP contribution in [0.3, 0.4) is 0 Å². The summed E-state index contributed by atoms with van der Waals surface area (Å²) < 4.78 is 29.1. The highest BCUT2D eigenvalue weighted by molar-refractivity contribution is 5.94. The fourth-order valence-corrected chi connectivity index (χ4v) is 3.44. The molecule has 0 saturated heterocycles. The molecule has 3 aromatic rings. The van der Waals surface area contributed by atoms with Gasteiger partial charge in [-0.25, -0.2) is 13.8 Å². The van der Waals surface area contributed by atoms with Crippen molar-refractivity contribution in [1.29, 1.82) is 0 Å². The summed E-state index contributed by atoms with van der Waals surface area (Å²) in [6.45, 7) is 0. The van der Waals surface area contributed by atoms with E-state index in [0.29, 0.717) is 17.4 Å². The minimum atomic E-state index is -1.03. The number of imidazole rings is 1. The molecular formula is C20H17F2N3O. The number of aromatic nitrogens is 2. The van der Waals surface area contributed by atoms with Gasteiger partial charge >= 0.3 is 0 Å². The largest absolute Gasteiger partial charge is 0.309 e. The van der Waals surface area contributed by atoms with Crippen LogP contribution in [0.5, 0.6) is 0 Å². The van der Waals surface area contributed by atoms with E-state index in [1.54, 1.807) is 16.7 Å². The van der Waals surface area contributed by atoms with Gasteiger partial charge in [-0.2, -0.15) is 0 Å². The first-order valence-electron chi connectivity index (χ1n) is 8.82. The van der Waals surface area contributed by atoms with Gasteiger partial charge < -0.3 is 9.72 Å². The summed E-state index contributed by atoms with van der Waals surface area (Å²) >= 11 is 0. The van der Waals surface area contributed by atoms with Crippen molar-refractivity contribution in [2.75, 3.05) is 5.32 Å². The van der Waals surface area contributed by atoms with Crippen LogP contribution in [-0.4, -0.2) is 21.5 Å². The number of pyridine rings is 1. The first-order chi connectivity index (χ1) is 12.6. The number of nitrogens with one attached hydrogen (secondary N) is 1. The van der Waals surface area contributed by atoms with Gasteiger partial charge in [0, 0.05) is 6.20 Å². The minimum Gasteiger partial charge on any atom is -0.309 e. The molecule has 5 rings (SSSR count). The van der Waals surface area contributed by atoms with Crippen LogP contribution in [0, 0.1) is 11.7 Å². The highest BCUT2D eigenvalue weighted by Crippen LogP contribution is 2.45. The molecule has 2 aliphatic carbocycles. The number of amides is 1. The number of hydrogen-bond acceptors (Lipinski definition) is 2. The Bertz CT molecular complexity index is 1030. The smallest absolute Gasteiger partial charge is 0.231 e. The summed E-state index contributed by atoms with van der Waals surface area (Å²) in [5.74, 6) is -0.348. The Kier molecular flexibility index (Phi) is 3.35. The molecule has 1 amide bonds. The van der Waals surface area contributed by atoms with Crippen LogP contribution in [-0.2, 0) is 4.79 Å². The Morgan fingerprint density at radius 2 is 2.00 bits per heavy atom. The van der Waals surface area contributed by atoms with Gasteiger partial charge in [0.2, 0.25) is 5.91 Å². The summed E-state index contributed by atoms with van der Waals surface area (Å²) in [7, 11) is 0. The topological polar surface area (TPSA) is 46.4 Å². The van der Waals surface area contributed by atoms with E-state index in [2.05, 4.69) is 10.3 Å². The van der Waals surface area contributed by atoms with Crippen LogP contribution in [0.25, 0.3) is 16.8 Å². The third-order valence-corrected chi connectivity index (χ3v) is 5.10. The molecule has 26 heavy (non-hydrogen) atoms. The monoisotopic (exact) mass is 353 g/mol. The molecular weight excluding hydrogens is 336 g/mol. The number of fused-ring (bicyclic) bond motifs is 1. The van der Waals surface area contributed by atoms with E-state index in [-0.39, 0.29) is 18.1 Å². The van der Waals surface area contributed by atoms with E-state index in [0.717, 1.165) is 29.5 Å².